The summed E-state index contributed by atoms with van der Waals surface area (Å²) < 4.78 is 0. The topological polar surface area (TPSA) is 41.1 Å². The summed E-state index contributed by atoms with van der Waals surface area (Å²) in [4.78, 5) is 11.8. The number of nitrogens with zero attached hydrogens (tertiary/aromatic N) is 3. The second-order valence-corrected chi connectivity index (χ2v) is 6.25. The number of aromatic nitrogens is 2. The van der Waals surface area contributed by atoms with Crippen molar-refractivity contribution in [2.24, 2.45) is 0 Å². The molecule has 0 radical (unpaired) electrons. The van der Waals surface area contributed by atoms with Gasteiger partial charge in [0.1, 0.15) is 5.82 Å². The molecule has 0 unspecified atom stereocenters. The van der Waals surface area contributed by atoms with Gasteiger partial charge in [0.25, 0.3) is 0 Å². The molecule has 0 bridgehead atoms. The number of aryl methyl sites for hydroxylation is 2. The molecule has 0 aromatic carbocycles. The number of likely N-dealkylation sites (N-methyl/N-ethyl adjacent to an activating group) is 1. The molecule has 118 valence electrons. The van der Waals surface area contributed by atoms with Crippen molar-refractivity contribution >= 4 is 0 Å². The molecule has 1 saturated carbocycles. The molecule has 0 amide bonds. The minimum atomic E-state index is 0.778. The van der Waals surface area contributed by atoms with Crippen LogP contribution in [0.25, 0.3) is 0 Å². The smallest absolute Gasteiger partial charge is 0.130 e. The maximum Gasteiger partial charge on any atom is 0.130 e. The normalized spacial score (nSPS) is 14.9. The van der Waals surface area contributed by atoms with Crippen molar-refractivity contribution in [3.63, 3.8) is 0 Å². The summed E-state index contributed by atoms with van der Waals surface area (Å²) in [7, 11) is 4.19. The van der Waals surface area contributed by atoms with E-state index in [1.54, 1.807) is 0 Å². The number of hydrogen-bond acceptors (Lipinski definition) is 4. The number of nitrogens with one attached hydrogen (secondary N) is 1. The van der Waals surface area contributed by atoms with Gasteiger partial charge in [-0.05, 0) is 58.3 Å². The number of rotatable bonds is 9. The highest BCUT2D eigenvalue weighted by Crippen LogP contribution is 2.19. The van der Waals surface area contributed by atoms with Crippen LogP contribution in [-0.2, 0) is 25.7 Å². The van der Waals surface area contributed by atoms with Gasteiger partial charge in [0, 0.05) is 30.4 Å². The van der Waals surface area contributed by atoms with E-state index in [2.05, 4.69) is 38.2 Å². The molecule has 0 spiro atoms. The Kier molecular flexibility index (Phi) is 6.12. The van der Waals surface area contributed by atoms with Crippen molar-refractivity contribution in [3.8, 4) is 0 Å². The van der Waals surface area contributed by atoms with Crippen LogP contribution in [0.3, 0.4) is 0 Å². The molecule has 2 rings (SSSR count). The Morgan fingerprint density at radius 2 is 1.67 bits per heavy atom. The van der Waals surface area contributed by atoms with Crippen molar-refractivity contribution in [1.29, 1.82) is 0 Å². The molecule has 1 aliphatic carbocycles. The van der Waals surface area contributed by atoms with Gasteiger partial charge in [-0.3, -0.25) is 0 Å². The van der Waals surface area contributed by atoms with E-state index in [-0.39, 0.29) is 0 Å². The van der Waals surface area contributed by atoms with E-state index in [1.165, 1.54) is 29.8 Å². The molecule has 4 nitrogen and oxygen atoms in total. The van der Waals surface area contributed by atoms with Gasteiger partial charge >= 0.3 is 0 Å². The van der Waals surface area contributed by atoms with Crippen LogP contribution in [0.2, 0.25) is 0 Å². The van der Waals surface area contributed by atoms with Crippen molar-refractivity contribution in [1.82, 2.24) is 20.2 Å². The number of hydrogen-bond donors (Lipinski definition) is 1. The Hall–Kier alpha value is -1.00. The molecule has 4 heteroatoms. The summed E-state index contributed by atoms with van der Waals surface area (Å²) in [6, 6.07) is 0.778. The Balaban J connectivity index is 2.08. The summed E-state index contributed by atoms with van der Waals surface area (Å²) in [6.07, 6.45) is 6.71. The molecule has 0 saturated heterocycles. The van der Waals surface area contributed by atoms with Crippen LogP contribution in [0.15, 0.2) is 0 Å². The van der Waals surface area contributed by atoms with E-state index in [1.807, 2.05) is 0 Å². The molecular weight excluding hydrogens is 260 g/mol. The second-order valence-electron chi connectivity index (χ2n) is 6.25. The van der Waals surface area contributed by atoms with Gasteiger partial charge in [-0.15, -0.1) is 0 Å². The zero-order valence-corrected chi connectivity index (χ0v) is 14.1. The van der Waals surface area contributed by atoms with Gasteiger partial charge in [-0.2, -0.15) is 0 Å². The fourth-order valence-corrected chi connectivity index (χ4v) is 2.64. The summed E-state index contributed by atoms with van der Waals surface area (Å²) in [5.41, 5.74) is 3.91. The molecule has 1 fully saturated rings. The highest BCUT2D eigenvalue weighted by Gasteiger charge is 2.20. The molecular formula is C17H30N4. The molecule has 1 aromatic heterocycles. The first-order valence-electron chi connectivity index (χ1n) is 8.39. The lowest BCUT2D eigenvalue weighted by atomic mass is 10.0. The second kappa shape index (κ2) is 7.85. The van der Waals surface area contributed by atoms with Gasteiger partial charge < -0.3 is 10.2 Å². The summed E-state index contributed by atoms with van der Waals surface area (Å²) >= 11 is 0. The van der Waals surface area contributed by atoms with E-state index in [4.69, 9.17) is 9.97 Å². The lowest BCUT2D eigenvalue weighted by Crippen LogP contribution is -2.22. The third kappa shape index (κ3) is 5.04. The Morgan fingerprint density at radius 3 is 2.14 bits per heavy atom. The molecule has 0 atom stereocenters. The van der Waals surface area contributed by atoms with Crippen molar-refractivity contribution in [3.05, 3.63) is 22.8 Å². The zero-order chi connectivity index (χ0) is 15.2. The highest BCUT2D eigenvalue weighted by molar-refractivity contribution is 5.27. The summed E-state index contributed by atoms with van der Waals surface area (Å²) in [5.74, 6) is 1.01. The van der Waals surface area contributed by atoms with Gasteiger partial charge in [-0.1, -0.05) is 13.8 Å². The standard InChI is InChI=1S/C17H30N4/c1-5-15-14(9-11-18-13-7-8-13)16(6-2)20-17(19-15)10-12-21(3)4/h13,18H,5-12H2,1-4H3. The van der Waals surface area contributed by atoms with Crippen molar-refractivity contribution in [2.45, 2.75) is 58.4 Å². The Labute approximate surface area is 129 Å². The zero-order valence-electron chi connectivity index (χ0n) is 14.1. The van der Waals surface area contributed by atoms with Crippen LogP contribution in [0.5, 0.6) is 0 Å². The van der Waals surface area contributed by atoms with E-state index >= 15 is 0 Å². The van der Waals surface area contributed by atoms with Crippen LogP contribution in [0.1, 0.15) is 49.5 Å². The van der Waals surface area contributed by atoms with Gasteiger partial charge in [0.2, 0.25) is 0 Å². The van der Waals surface area contributed by atoms with Crippen molar-refractivity contribution < 1.29 is 0 Å². The van der Waals surface area contributed by atoms with Crippen LogP contribution in [-0.4, -0.2) is 48.1 Å². The maximum absolute atomic E-state index is 4.82. The van der Waals surface area contributed by atoms with Crippen LogP contribution >= 0.6 is 0 Å². The van der Waals surface area contributed by atoms with Gasteiger partial charge in [0.05, 0.1) is 0 Å². The van der Waals surface area contributed by atoms with Crippen LogP contribution in [0, 0.1) is 0 Å². The summed E-state index contributed by atoms with van der Waals surface area (Å²) in [6.45, 7) is 6.48. The molecule has 1 N–H and O–H groups in total. The predicted molar refractivity (Wildman–Crippen MR) is 87.8 cm³/mol. The van der Waals surface area contributed by atoms with E-state index in [9.17, 15) is 0 Å². The molecule has 21 heavy (non-hydrogen) atoms. The Morgan fingerprint density at radius 1 is 1.05 bits per heavy atom. The maximum atomic E-state index is 4.82. The van der Waals surface area contributed by atoms with Gasteiger partial charge in [-0.25, -0.2) is 9.97 Å². The fourth-order valence-electron chi connectivity index (χ4n) is 2.64. The first-order valence-corrected chi connectivity index (χ1v) is 8.39. The third-order valence-electron chi connectivity index (χ3n) is 4.06. The lowest BCUT2D eigenvalue weighted by molar-refractivity contribution is 0.409. The van der Waals surface area contributed by atoms with Crippen LogP contribution < -0.4 is 5.32 Å². The van der Waals surface area contributed by atoms with E-state index < -0.39 is 0 Å². The molecule has 1 aromatic rings. The van der Waals surface area contributed by atoms with E-state index in [0.29, 0.717) is 0 Å². The fraction of sp³-hybridized carbons (Fsp3) is 0.765. The average molecular weight is 290 g/mol. The minimum absolute atomic E-state index is 0.778. The van der Waals surface area contributed by atoms with Crippen LogP contribution in [0.4, 0.5) is 0 Å². The minimum Gasteiger partial charge on any atom is -0.314 e. The molecule has 1 aliphatic rings. The SMILES string of the molecule is CCc1nc(CCN(C)C)nc(CC)c1CCNC1CC1. The highest BCUT2D eigenvalue weighted by atomic mass is 15.1. The monoisotopic (exact) mass is 290 g/mol. The quantitative estimate of drug-likeness (QED) is 0.755. The third-order valence-corrected chi connectivity index (χ3v) is 4.06. The molecule has 1 heterocycles. The first-order chi connectivity index (χ1) is 10.1. The molecule has 0 aliphatic heterocycles. The van der Waals surface area contributed by atoms with E-state index in [0.717, 1.165) is 50.6 Å². The summed E-state index contributed by atoms with van der Waals surface area (Å²) in [5, 5.41) is 3.60. The average Bonchev–Trinajstić information content (AvgIpc) is 3.29. The first kappa shape index (κ1) is 16.4. The largest absolute Gasteiger partial charge is 0.314 e. The van der Waals surface area contributed by atoms with Crippen molar-refractivity contribution in [2.75, 3.05) is 27.2 Å². The van der Waals surface area contributed by atoms with Gasteiger partial charge in [0.15, 0.2) is 0 Å². The Bertz CT molecular complexity index is 427. The predicted octanol–water partition coefficient (Wildman–Crippen LogP) is 2.00. The lowest BCUT2D eigenvalue weighted by Gasteiger charge is -2.15.